The molecule has 0 bridgehead atoms. The Labute approximate surface area is 159 Å². The van der Waals surface area contributed by atoms with Crippen molar-refractivity contribution in [1.82, 2.24) is 10.3 Å². The lowest BCUT2D eigenvalue weighted by Crippen LogP contribution is -2.26. The van der Waals surface area contributed by atoms with Gasteiger partial charge in [0.05, 0.1) is 11.6 Å². The maximum absolute atomic E-state index is 12.1. The Balaban J connectivity index is 1.52. The summed E-state index contributed by atoms with van der Waals surface area (Å²) < 4.78 is 11.4. The molecule has 1 atom stereocenters. The molecule has 4 rings (SSSR count). The molecule has 1 aromatic heterocycles. The summed E-state index contributed by atoms with van der Waals surface area (Å²) in [4.78, 5) is 18.9. The van der Waals surface area contributed by atoms with Gasteiger partial charge in [0.2, 0.25) is 0 Å². The highest BCUT2D eigenvalue weighted by molar-refractivity contribution is 5.94. The van der Waals surface area contributed by atoms with Crippen LogP contribution >= 0.6 is 0 Å². The zero-order valence-corrected chi connectivity index (χ0v) is 15.6. The summed E-state index contributed by atoms with van der Waals surface area (Å²) in [5.41, 5.74) is 1.81. The number of benzene rings is 1. The van der Waals surface area contributed by atoms with Crippen molar-refractivity contribution in [2.75, 3.05) is 31.2 Å². The van der Waals surface area contributed by atoms with Gasteiger partial charge in [0.25, 0.3) is 5.91 Å². The summed E-state index contributed by atoms with van der Waals surface area (Å²) in [6.07, 6.45) is 4.77. The highest BCUT2D eigenvalue weighted by Crippen LogP contribution is 2.39. The van der Waals surface area contributed by atoms with Gasteiger partial charge in [-0.1, -0.05) is 13.0 Å². The molecule has 3 heterocycles. The lowest BCUT2D eigenvalue weighted by Gasteiger charge is -2.27. The summed E-state index contributed by atoms with van der Waals surface area (Å²) in [6, 6.07) is 10.2. The summed E-state index contributed by atoms with van der Waals surface area (Å²) >= 11 is 0. The molecule has 2 aliphatic heterocycles. The monoisotopic (exact) mass is 367 g/mol. The molecule has 1 N–H and O–H groups in total. The van der Waals surface area contributed by atoms with Crippen LogP contribution in [-0.4, -0.2) is 37.2 Å². The van der Waals surface area contributed by atoms with Crippen LogP contribution in [0.5, 0.6) is 11.5 Å². The SMILES string of the molecule is CCCNC(=O)c1ccc(N2CCCC2c2ccc3c(c2)OCCO3)nc1. The summed E-state index contributed by atoms with van der Waals surface area (Å²) in [5.74, 6) is 2.47. The third-order valence-corrected chi connectivity index (χ3v) is 5.04. The molecule has 6 nitrogen and oxygen atoms in total. The Morgan fingerprint density at radius 3 is 2.85 bits per heavy atom. The minimum Gasteiger partial charge on any atom is -0.486 e. The first-order valence-electron chi connectivity index (χ1n) is 9.66. The van der Waals surface area contributed by atoms with Crippen molar-refractivity contribution in [3.05, 3.63) is 47.7 Å². The first-order valence-corrected chi connectivity index (χ1v) is 9.66. The number of carbonyl (C=O) groups excluding carboxylic acids is 1. The van der Waals surface area contributed by atoms with E-state index in [1.54, 1.807) is 6.20 Å². The molecule has 6 heteroatoms. The number of hydrogen-bond donors (Lipinski definition) is 1. The molecule has 1 saturated heterocycles. The van der Waals surface area contributed by atoms with Crippen LogP contribution in [0.25, 0.3) is 0 Å². The Hall–Kier alpha value is -2.76. The molecule has 0 aliphatic carbocycles. The minimum atomic E-state index is -0.0688. The van der Waals surface area contributed by atoms with Crippen molar-refractivity contribution in [2.24, 2.45) is 0 Å². The number of amides is 1. The second-order valence-corrected chi connectivity index (χ2v) is 6.92. The van der Waals surface area contributed by atoms with Crippen LogP contribution in [0.3, 0.4) is 0 Å². The molecular weight excluding hydrogens is 342 g/mol. The third-order valence-electron chi connectivity index (χ3n) is 5.04. The van der Waals surface area contributed by atoms with Crippen molar-refractivity contribution in [3.8, 4) is 11.5 Å². The number of nitrogens with one attached hydrogen (secondary N) is 1. The highest BCUT2D eigenvalue weighted by Gasteiger charge is 2.28. The number of fused-ring (bicyclic) bond motifs is 1. The van der Waals surface area contributed by atoms with E-state index in [0.717, 1.165) is 43.1 Å². The quantitative estimate of drug-likeness (QED) is 0.878. The van der Waals surface area contributed by atoms with Crippen molar-refractivity contribution >= 4 is 11.7 Å². The van der Waals surface area contributed by atoms with Crippen molar-refractivity contribution in [3.63, 3.8) is 0 Å². The molecule has 27 heavy (non-hydrogen) atoms. The van der Waals surface area contributed by atoms with E-state index in [0.29, 0.717) is 25.3 Å². The first-order chi connectivity index (χ1) is 13.3. The number of carbonyl (C=O) groups is 1. The topological polar surface area (TPSA) is 63.7 Å². The van der Waals surface area contributed by atoms with Crippen LogP contribution in [0.15, 0.2) is 36.5 Å². The van der Waals surface area contributed by atoms with Gasteiger partial charge in [-0.25, -0.2) is 4.98 Å². The third kappa shape index (κ3) is 3.70. The standard InChI is InChI=1S/C21H25N3O3/c1-2-9-22-21(25)16-6-8-20(23-14-16)24-10-3-4-17(24)15-5-7-18-19(13-15)27-12-11-26-18/h5-8,13-14,17H,2-4,9-12H2,1H3,(H,22,25). The number of rotatable bonds is 5. The van der Waals surface area contributed by atoms with Gasteiger partial charge in [0.1, 0.15) is 19.0 Å². The minimum absolute atomic E-state index is 0.0688. The van der Waals surface area contributed by atoms with Crippen LogP contribution in [0.2, 0.25) is 0 Å². The van der Waals surface area contributed by atoms with E-state index in [-0.39, 0.29) is 11.9 Å². The second kappa shape index (κ2) is 7.86. The molecule has 1 unspecified atom stereocenters. The van der Waals surface area contributed by atoms with Crippen molar-refractivity contribution in [2.45, 2.75) is 32.2 Å². The molecule has 0 spiro atoms. The van der Waals surface area contributed by atoms with Crippen LogP contribution in [0, 0.1) is 0 Å². The number of aromatic nitrogens is 1. The first kappa shape index (κ1) is 17.6. The van der Waals surface area contributed by atoms with E-state index in [1.165, 1.54) is 5.56 Å². The van der Waals surface area contributed by atoms with Gasteiger partial charge in [-0.05, 0) is 49.1 Å². The van der Waals surface area contributed by atoms with E-state index < -0.39 is 0 Å². The van der Waals surface area contributed by atoms with E-state index >= 15 is 0 Å². The Morgan fingerprint density at radius 2 is 2.07 bits per heavy atom. The molecular formula is C21H25N3O3. The van der Waals surface area contributed by atoms with E-state index in [9.17, 15) is 4.79 Å². The van der Waals surface area contributed by atoms with Crippen molar-refractivity contribution < 1.29 is 14.3 Å². The lowest BCUT2D eigenvalue weighted by molar-refractivity contribution is 0.0953. The zero-order valence-electron chi connectivity index (χ0n) is 15.6. The number of nitrogens with zero attached hydrogens (tertiary/aromatic N) is 2. The number of hydrogen-bond acceptors (Lipinski definition) is 5. The molecule has 0 radical (unpaired) electrons. The zero-order chi connectivity index (χ0) is 18.6. The summed E-state index contributed by atoms with van der Waals surface area (Å²) in [5, 5.41) is 2.88. The van der Waals surface area contributed by atoms with Gasteiger partial charge in [0.15, 0.2) is 11.5 Å². The second-order valence-electron chi connectivity index (χ2n) is 6.92. The van der Waals surface area contributed by atoms with Crippen molar-refractivity contribution in [1.29, 1.82) is 0 Å². The Morgan fingerprint density at radius 1 is 1.22 bits per heavy atom. The van der Waals surface area contributed by atoms with Gasteiger partial charge in [-0.15, -0.1) is 0 Å². The van der Waals surface area contributed by atoms with Gasteiger partial charge in [0, 0.05) is 19.3 Å². The van der Waals surface area contributed by atoms with E-state index in [4.69, 9.17) is 9.47 Å². The van der Waals surface area contributed by atoms with Gasteiger partial charge in [-0.2, -0.15) is 0 Å². The number of ether oxygens (including phenoxy) is 2. The van der Waals surface area contributed by atoms with E-state index in [1.807, 2.05) is 25.1 Å². The van der Waals surface area contributed by atoms with Crippen LogP contribution in [0.4, 0.5) is 5.82 Å². The highest BCUT2D eigenvalue weighted by atomic mass is 16.6. The normalized spacial score (nSPS) is 18.4. The predicted octanol–water partition coefficient (Wildman–Crippen LogP) is 3.33. The molecule has 2 aliphatic rings. The average molecular weight is 367 g/mol. The number of pyridine rings is 1. The summed E-state index contributed by atoms with van der Waals surface area (Å²) in [7, 11) is 0. The molecule has 2 aromatic rings. The van der Waals surface area contributed by atoms with Crippen LogP contribution < -0.4 is 19.7 Å². The lowest BCUT2D eigenvalue weighted by atomic mass is 10.0. The van der Waals surface area contributed by atoms with Crippen LogP contribution in [-0.2, 0) is 0 Å². The fraction of sp³-hybridized carbons (Fsp3) is 0.429. The Kier molecular flexibility index (Phi) is 5.14. The maximum atomic E-state index is 12.1. The van der Waals surface area contributed by atoms with Gasteiger partial charge in [-0.3, -0.25) is 4.79 Å². The average Bonchev–Trinajstić information content (AvgIpc) is 3.21. The smallest absolute Gasteiger partial charge is 0.252 e. The van der Waals surface area contributed by atoms with Gasteiger partial charge < -0.3 is 19.7 Å². The predicted molar refractivity (Wildman–Crippen MR) is 104 cm³/mol. The fourth-order valence-corrected chi connectivity index (χ4v) is 3.69. The molecule has 0 saturated carbocycles. The van der Waals surface area contributed by atoms with E-state index in [2.05, 4.69) is 27.3 Å². The summed E-state index contributed by atoms with van der Waals surface area (Å²) in [6.45, 7) is 4.86. The fourth-order valence-electron chi connectivity index (χ4n) is 3.69. The molecule has 1 fully saturated rings. The molecule has 1 amide bonds. The maximum Gasteiger partial charge on any atom is 0.252 e. The Bertz CT molecular complexity index is 807. The molecule has 142 valence electrons. The number of anilines is 1. The largest absolute Gasteiger partial charge is 0.486 e. The van der Waals surface area contributed by atoms with Crippen LogP contribution in [0.1, 0.15) is 48.1 Å². The molecule has 1 aromatic carbocycles. The van der Waals surface area contributed by atoms with Gasteiger partial charge >= 0.3 is 0 Å².